The molecule has 0 aliphatic heterocycles. The first-order valence-corrected chi connectivity index (χ1v) is 6.86. The molecule has 102 valence electrons. The van der Waals surface area contributed by atoms with Crippen molar-refractivity contribution >= 4 is 33.3 Å². The summed E-state index contributed by atoms with van der Waals surface area (Å²) in [7, 11) is 0. The maximum atomic E-state index is 12.1. The van der Waals surface area contributed by atoms with Gasteiger partial charge in [-0.05, 0) is 40.2 Å². The third-order valence-electron chi connectivity index (χ3n) is 2.57. The predicted molar refractivity (Wildman–Crippen MR) is 85.0 cm³/mol. The summed E-state index contributed by atoms with van der Waals surface area (Å²) in [5.74, 6) is 0.312. The van der Waals surface area contributed by atoms with E-state index in [1.54, 1.807) is 24.4 Å². The van der Waals surface area contributed by atoms with Gasteiger partial charge in [0.15, 0.2) is 0 Å². The topological polar surface area (TPSA) is 54.0 Å². The minimum atomic E-state index is -0.197. The minimum Gasteiger partial charge on any atom is -0.380 e. The van der Waals surface area contributed by atoms with Crippen LogP contribution in [0.2, 0.25) is 0 Å². The van der Waals surface area contributed by atoms with Gasteiger partial charge in [0, 0.05) is 11.0 Å². The third-order valence-corrected chi connectivity index (χ3v) is 3.27. The number of rotatable bonds is 5. The number of carbonyl (C=O) groups is 1. The van der Waals surface area contributed by atoms with Crippen LogP contribution < -0.4 is 10.6 Å². The Morgan fingerprint density at radius 1 is 1.30 bits per heavy atom. The number of nitrogens with one attached hydrogen (secondary N) is 2. The lowest BCUT2D eigenvalue weighted by atomic mass is 10.2. The van der Waals surface area contributed by atoms with E-state index < -0.39 is 0 Å². The number of hydrogen-bond donors (Lipinski definition) is 2. The largest absolute Gasteiger partial charge is 0.380 e. The van der Waals surface area contributed by atoms with Crippen molar-refractivity contribution in [3.05, 3.63) is 65.3 Å². The van der Waals surface area contributed by atoms with Gasteiger partial charge in [-0.15, -0.1) is 6.58 Å². The highest BCUT2D eigenvalue weighted by atomic mass is 79.9. The number of carbonyl (C=O) groups excluding carboxylic acids is 1. The second-order valence-electron chi connectivity index (χ2n) is 4.04. The molecule has 2 N–H and O–H groups in total. The van der Waals surface area contributed by atoms with Gasteiger partial charge < -0.3 is 10.6 Å². The van der Waals surface area contributed by atoms with Gasteiger partial charge in [0.05, 0.1) is 17.4 Å². The van der Waals surface area contributed by atoms with Crippen LogP contribution in [0.1, 0.15) is 10.4 Å². The Balaban J connectivity index is 2.05. The average molecular weight is 332 g/mol. The number of nitrogens with zero attached hydrogens (tertiary/aromatic N) is 1. The minimum absolute atomic E-state index is 0.197. The van der Waals surface area contributed by atoms with E-state index in [0.29, 0.717) is 17.9 Å². The molecule has 1 aromatic carbocycles. The monoisotopic (exact) mass is 331 g/mol. The lowest BCUT2D eigenvalue weighted by Crippen LogP contribution is -2.13. The van der Waals surface area contributed by atoms with Crippen LogP contribution in [0.15, 0.2) is 59.7 Å². The number of anilines is 2. The molecule has 0 unspecified atom stereocenters. The molecule has 0 saturated heterocycles. The molecule has 2 aromatic rings. The first-order chi connectivity index (χ1) is 9.70. The summed E-state index contributed by atoms with van der Waals surface area (Å²) in [6.45, 7) is 4.30. The zero-order valence-corrected chi connectivity index (χ0v) is 12.4. The second kappa shape index (κ2) is 6.86. The summed E-state index contributed by atoms with van der Waals surface area (Å²) in [5, 5.41) is 5.87. The lowest BCUT2D eigenvalue weighted by Gasteiger charge is -2.07. The highest BCUT2D eigenvalue weighted by molar-refractivity contribution is 9.10. The SMILES string of the molecule is C=CCNc1ccc(NC(=O)c2ccccc2Br)nc1. The van der Waals surface area contributed by atoms with E-state index in [9.17, 15) is 4.79 Å². The van der Waals surface area contributed by atoms with Crippen molar-refractivity contribution in [3.8, 4) is 0 Å². The van der Waals surface area contributed by atoms with Crippen LogP contribution in [-0.4, -0.2) is 17.4 Å². The van der Waals surface area contributed by atoms with Crippen LogP contribution in [0.4, 0.5) is 11.5 Å². The fourth-order valence-electron chi connectivity index (χ4n) is 1.59. The molecule has 0 aliphatic rings. The molecule has 0 fully saturated rings. The fraction of sp³-hybridized carbons (Fsp3) is 0.0667. The van der Waals surface area contributed by atoms with Crippen LogP contribution in [0.25, 0.3) is 0 Å². The van der Waals surface area contributed by atoms with E-state index in [2.05, 4.69) is 38.1 Å². The van der Waals surface area contributed by atoms with E-state index >= 15 is 0 Å². The summed E-state index contributed by atoms with van der Waals surface area (Å²) in [4.78, 5) is 16.3. The number of amides is 1. The fourth-order valence-corrected chi connectivity index (χ4v) is 2.06. The third kappa shape index (κ3) is 3.68. The summed E-state index contributed by atoms with van der Waals surface area (Å²) in [5.41, 5.74) is 1.45. The van der Waals surface area contributed by atoms with Crippen molar-refractivity contribution in [1.29, 1.82) is 0 Å². The molecule has 5 heteroatoms. The molecule has 0 spiro atoms. The summed E-state index contributed by atoms with van der Waals surface area (Å²) in [6.07, 6.45) is 3.43. The van der Waals surface area contributed by atoms with Crippen molar-refractivity contribution in [3.63, 3.8) is 0 Å². The molecule has 0 atom stereocenters. The summed E-state index contributed by atoms with van der Waals surface area (Å²) in [6, 6.07) is 10.9. The Hall–Kier alpha value is -2.14. The molecule has 2 rings (SSSR count). The molecule has 0 aliphatic carbocycles. The zero-order valence-electron chi connectivity index (χ0n) is 10.8. The molecule has 4 nitrogen and oxygen atoms in total. The molecule has 20 heavy (non-hydrogen) atoms. The second-order valence-corrected chi connectivity index (χ2v) is 4.89. The molecule has 1 aromatic heterocycles. The van der Waals surface area contributed by atoms with Crippen molar-refractivity contribution in [2.45, 2.75) is 0 Å². The van der Waals surface area contributed by atoms with Crippen molar-refractivity contribution in [1.82, 2.24) is 4.98 Å². The van der Waals surface area contributed by atoms with Crippen molar-refractivity contribution in [2.24, 2.45) is 0 Å². The maximum absolute atomic E-state index is 12.1. The van der Waals surface area contributed by atoms with Crippen LogP contribution >= 0.6 is 15.9 Å². The van der Waals surface area contributed by atoms with Gasteiger partial charge in [-0.25, -0.2) is 4.98 Å². The van der Waals surface area contributed by atoms with Crippen LogP contribution in [0, 0.1) is 0 Å². The van der Waals surface area contributed by atoms with Crippen LogP contribution in [-0.2, 0) is 0 Å². The Morgan fingerprint density at radius 2 is 2.10 bits per heavy atom. The van der Waals surface area contributed by atoms with Gasteiger partial charge in [0.25, 0.3) is 5.91 Å². The van der Waals surface area contributed by atoms with E-state index in [1.165, 1.54) is 0 Å². The van der Waals surface area contributed by atoms with Gasteiger partial charge >= 0.3 is 0 Å². The number of halogens is 1. The quantitative estimate of drug-likeness (QED) is 0.821. The standard InChI is InChI=1S/C15H14BrN3O/c1-2-9-17-11-7-8-14(18-10-11)19-15(20)12-5-3-4-6-13(12)16/h2-8,10,17H,1,9H2,(H,18,19,20). The summed E-state index contributed by atoms with van der Waals surface area (Å²) >= 11 is 3.35. The highest BCUT2D eigenvalue weighted by Gasteiger charge is 2.09. The Bertz CT molecular complexity index is 611. The van der Waals surface area contributed by atoms with Gasteiger partial charge in [-0.1, -0.05) is 18.2 Å². The van der Waals surface area contributed by atoms with E-state index in [1.807, 2.05) is 24.3 Å². The molecule has 0 saturated carbocycles. The van der Waals surface area contributed by atoms with E-state index in [-0.39, 0.29) is 5.91 Å². The maximum Gasteiger partial charge on any atom is 0.257 e. The molecular formula is C15H14BrN3O. The molecular weight excluding hydrogens is 318 g/mol. The van der Waals surface area contributed by atoms with Crippen molar-refractivity contribution in [2.75, 3.05) is 17.2 Å². The molecule has 0 radical (unpaired) electrons. The number of benzene rings is 1. The average Bonchev–Trinajstić information content (AvgIpc) is 2.47. The molecule has 0 bridgehead atoms. The van der Waals surface area contributed by atoms with E-state index in [4.69, 9.17) is 0 Å². The predicted octanol–water partition coefficient (Wildman–Crippen LogP) is 3.69. The summed E-state index contributed by atoms with van der Waals surface area (Å²) < 4.78 is 0.752. The lowest BCUT2D eigenvalue weighted by molar-refractivity contribution is 0.102. The van der Waals surface area contributed by atoms with Gasteiger partial charge in [0.1, 0.15) is 5.82 Å². The van der Waals surface area contributed by atoms with Gasteiger partial charge in [-0.2, -0.15) is 0 Å². The number of aromatic nitrogens is 1. The molecule has 1 amide bonds. The number of pyridine rings is 1. The Morgan fingerprint density at radius 3 is 2.75 bits per heavy atom. The Kier molecular flexibility index (Phi) is 4.90. The first-order valence-electron chi connectivity index (χ1n) is 6.07. The smallest absolute Gasteiger partial charge is 0.257 e. The van der Waals surface area contributed by atoms with E-state index in [0.717, 1.165) is 10.2 Å². The van der Waals surface area contributed by atoms with Crippen LogP contribution in [0.5, 0.6) is 0 Å². The zero-order chi connectivity index (χ0) is 14.4. The van der Waals surface area contributed by atoms with Gasteiger partial charge in [-0.3, -0.25) is 4.79 Å². The van der Waals surface area contributed by atoms with Gasteiger partial charge in [0.2, 0.25) is 0 Å². The highest BCUT2D eigenvalue weighted by Crippen LogP contribution is 2.17. The number of hydrogen-bond acceptors (Lipinski definition) is 3. The Labute approximate surface area is 126 Å². The normalized spacial score (nSPS) is 9.85. The van der Waals surface area contributed by atoms with Crippen molar-refractivity contribution < 1.29 is 4.79 Å². The molecule has 1 heterocycles. The first kappa shape index (κ1) is 14.3. The van der Waals surface area contributed by atoms with Crippen LogP contribution in [0.3, 0.4) is 0 Å².